The predicted molar refractivity (Wildman–Crippen MR) is 98.4 cm³/mol. The fourth-order valence-electron chi connectivity index (χ4n) is 3.09. The van der Waals surface area contributed by atoms with Gasteiger partial charge in [0.25, 0.3) is 0 Å². The fraction of sp³-hybridized carbons (Fsp3) is 0.579. The van der Waals surface area contributed by atoms with E-state index in [0.29, 0.717) is 39.0 Å². The average Bonchev–Trinajstić information content (AvgIpc) is 2.60. The number of amides is 2. The molecule has 0 aromatic heterocycles. The third kappa shape index (κ3) is 5.19. The van der Waals surface area contributed by atoms with Gasteiger partial charge in [-0.05, 0) is 38.8 Å². The molecule has 0 spiro atoms. The molecule has 0 radical (unpaired) electrons. The first kappa shape index (κ1) is 19.2. The summed E-state index contributed by atoms with van der Waals surface area (Å²) in [6.45, 7) is 5.47. The highest BCUT2D eigenvalue weighted by Crippen LogP contribution is 2.28. The Morgan fingerprint density at radius 1 is 1.20 bits per heavy atom. The topological polar surface area (TPSA) is 70.7 Å². The number of nitrogens with zero attached hydrogens (tertiary/aromatic N) is 1. The standard InChI is InChI=1S/C19H29N3O3/c1-15(2)20-18(24)19(21-16-7-5-4-6-8-16)10-12-22(13-11-19)17(23)9-14-25-3/h4-8,15,21H,9-14H2,1-3H3,(H,20,24). The number of carbonyl (C=O) groups is 2. The lowest BCUT2D eigenvalue weighted by atomic mass is 9.85. The van der Waals surface area contributed by atoms with Gasteiger partial charge in [-0.15, -0.1) is 0 Å². The number of para-hydroxylation sites is 1. The summed E-state index contributed by atoms with van der Waals surface area (Å²) in [5.74, 6) is 0.0785. The molecule has 0 atom stereocenters. The first-order valence-electron chi connectivity index (χ1n) is 8.88. The maximum absolute atomic E-state index is 12.9. The summed E-state index contributed by atoms with van der Waals surface area (Å²) < 4.78 is 4.98. The second kappa shape index (κ2) is 8.85. The number of hydrogen-bond donors (Lipinski definition) is 2. The quantitative estimate of drug-likeness (QED) is 0.792. The molecule has 1 saturated heterocycles. The number of methoxy groups -OCH3 is 1. The van der Waals surface area contributed by atoms with Crippen LogP contribution in [0.25, 0.3) is 0 Å². The van der Waals surface area contributed by atoms with Crippen LogP contribution in [0, 0.1) is 0 Å². The van der Waals surface area contributed by atoms with E-state index in [2.05, 4.69) is 10.6 Å². The van der Waals surface area contributed by atoms with Gasteiger partial charge in [0.05, 0.1) is 13.0 Å². The molecule has 2 N–H and O–H groups in total. The highest BCUT2D eigenvalue weighted by molar-refractivity contribution is 5.90. The molecule has 6 heteroatoms. The van der Waals surface area contributed by atoms with Crippen LogP contribution >= 0.6 is 0 Å². The number of rotatable bonds is 7. The first-order valence-corrected chi connectivity index (χ1v) is 8.88. The molecule has 0 unspecified atom stereocenters. The van der Waals surface area contributed by atoms with Crippen molar-refractivity contribution in [3.05, 3.63) is 30.3 Å². The van der Waals surface area contributed by atoms with E-state index >= 15 is 0 Å². The summed E-state index contributed by atoms with van der Waals surface area (Å²) in [4.78, 5) is 26.9. The molecular weight excluding hydrogens is 318 g/mol. The maximum Gasteiger partial charge on any atom is 0.246 e. The van der Waals surface area contributed by atoms with Crippen LogP contribution in [0.2, 0.25) is 0 Å². The second-order valence-electron chi connectivity index (χ2n) is 6.82. The maximum atomic E-state index is 12.9. The molecule has 6 nitrogen and oxygen atoms in total. The van der Waals surface area contributed by atoms with E-state index in [1.54, 1.807) is 7.11 Å². The molecule has 1 aliphatic heterocycles. The number of piperidine rings is 1. The Balaban J connectivity index is 2.09. The van der Waals surface area contributed by atoms with Gasteiger partial charge >= 0.3 is 0 Å². The van der Waals surface area contributed by atoms with Crippen molar-refractivity contribution in [3.8, 4) is 0 Å². The molecule has 25 heavy (non-hydrogen) atoms. The van der Waals surface area contributed by atoms with Gasteiger partial charge in [0.2, 0.25) is 11.8 Å². The van der Waals surface area contributed by atoms with E-state index in [4.69, 9.17) is 4.74 Å². The summed E-state index contributed by atoms with van der Waals surface area (Å²) in [5.41, 5.74) is 0.226. The van der Waals surface area contributed by atoms with E-state index in [9.17, 15) is 9.59 Å². The molecule has 1 aromatic carbocycles. The van der Waals surface area contributed by atoms with Crippen molar-refractivity contribution in [1.29, 1.82) is 0 Å². The number of likely N-dealkylation sites (tertiary alicyclic amines) is 1. The minimum absolute atomic E-state index is 0.00431. The Morgan fingerprint density at radius 2 is 1.84 bits per heavy atom. The number of benzene rings is 1. The van der Waals surface area contributed by atoms with Crippen molar-refractivity contribution in [1.82, 2.24) is 10.2 Å². The second-order valence-corrected chi connectivity index (χ2v) is 6.82. The highest BCUT2D eigenvalue weighted by atomic mass is 16.5. The van der Waals surface area contributed by atoms with Crippen molar-refractivity contribution in [2.45, 2.75) is 44.7 Å². The van der Waals surface area contributed by atoms with E-state index in [1.807, 2.05) is 49.1 Å². The van der Waals surface area contributed by atoms with Crippen LogP contribution in [0.3, 0.4) is 0 Å². The Labute approximate surface area is 149 Å². The molecule has 1 aliphatic rings. The Hall–Kier alpha value is -2.08. The molecule has 2 amide bonds. The molecule has 0 aliphatic carbocycles. The molecule has 0 bridgehead atoms. The van der Waals surface area contributed by atoms with Gasteiger partial charge in [-0.1, -0.05) is 18.2 Å². The van der Waals surface area contributed by atoms with Gasteiger partial charge in [0.15, 0.2) is 0 Å². The monoisotopic (exact) mass is 347 g/mol. The average molecular weight is 347 g/mol. The summed E-state index contributed by atoms with van der Waals surface area (Å²) >= 11 is 0. The summed E-state index contributed by atoms with van der Waals surface area (Å²) in [7, 11) is 1.59. The summed E-state index contributed by atoms with van der Waals surface area (Å²) in [5, 5.41) is 6.45. The van der Waals surface area contributed by atoms with Crippen molar-refractivity contribution in [3.63, 3.8) is 0 Å². The van der Waals surface area contributed by atoms with Crippen LogP contribution in [-0.4, -0.2) is 55.1 Å². The van der Waals surface area contributed by atoms with Crippen LogP contribution in [-0.2, 0) is 14.3 Å². The summed E-state index contributed by atoms with van der Waals surface area (Å²) in [6.07, 6.45) is 1.55. The molecule has 2 rings (SSSR count). The zero-order valence-electron chi connectivity index (χ0n) is 15.4. The van der Waals surface area contributed by atoms with Crippen LogP contribution in [0.4, 0.5) is 5.69 Å². The smallest absolute Gasteiger partial charge is 0.246 e. The van der Waals surface area contributed by atoms with Crippen molar-refractivity contribution >= 4 is 17.5 Å². The number of ether oxygens (including phenoxy) is 1. The zero-order valence-corrected chi connectivity index (χ0v) is 15.4. The van der Waals surface area contributed by atoms with Crippen molar-refractivity contribution < 1.29 is 14.3 Å². The number of carbonyl (C=O) groups excluding carboxylic acids is 2. The Kier molecular flexibility index (Phi) is 6.82. The lowest BCUT2D eigenvalue weighted by Crippen LogP contribution is -2.60. The number of anilines is 1. The number of nitrogens with one attached hydrogen (secondary N) is 2. The molecule has 138 valence electrons. The van der Waals surface area contributed by atoms with Crippen LogP contribution in [0.15, 0.2) is 30.3 Å². The SMILES string of the molecule is COCCC(=O)N1CCC(Nc2ccccc2)(C(=O)NC(C)C)CC1. The van der Waals surface area contributed by atoms with Gasteiger partial charge in [-0.3, -0.25) is 9.59 Å². The van der Waals surface area contributed by atoms with Gasteiger partial charge in [0.1, 0.15) is 5.54 Å². The molecule has 1 fully saturated rings. The van der Waals surface area contributed by atoms with E-state index < -0.39 is 5.54 Å². The molecule has 1 heterocycles. The summed E-state index contributed by atoms with van der Waals surface area (Å²) in [6, 6.07) is 9.83. The Bertz CT molecular complexity index is 567. The lowest BCUT2D eigenvalue weighted by molar-refractivity contribution is -0.136. The molecular formula is C19H29N3O3. The third-order valence-corrected chi connectivity index (χ3v) is 4.50. The Morgan fingerprint density at radius 3 is 2.40 bits per heavy atom. The number of hydrogen-bond acceptors (Lipinski definition) is 4. The minimum Gasteiger partial charge on any atom is -0.384 e. The minimum atomic E-state index is -0.691. The van der Waals surface area contributed by atoms with Crippen molar-refractivity contribution in [2.75, 3.05) is 32.1 Å². The van der Waals surface area contributed by atoms with Gasteiger partial charge in [-0.25, -0.2) is 0 Å². The van der Waals surface area contributed by atoms with Crippen LogP contribution in [0.5, 0.6) is 0 Å². The van der Waals surface area contributed by atoms with Crippen molar-refractivity contribution in [2.24, 2.45) is 0 Å². The van der Waals surface area contributed by atoms with Gasteiger partial charge in [0, 0.05) is 31.9 Å². The van der Waals surface area contributed by atoms with E-state index in [1.165, 1.54) is 0 Å². The zero-order chi connectivity index (χ0) is 18.3. The van der Waals surface area contributed by atoms with E-state index in [0.717, 1.165) is 5.69 Å². The normalized spacial score (nSPS) is 16.6. The molecule has 1 aromatic rings. The predicted octanol–water partition coefficient (Wildman–Crippen LogP) is 2.02. The third-order valence-electron chi connectivity index (χ3n) is 4.50. The fourth-order valence-corrected chi connectivity index (χ4v) is 3.09. The van der Waals surface area contributed by atoms with Gasteiger partial charge in [-0.2, -0.15) is 0 Å². The van der Waals surface area contributed by atoms with Crippen LogP contribution < -0.4 is 10.6 Å². The largest absolute Gasteiger partial charge is 0.384 e. The highest BCUT2D eigenvalue weighted by Gasteiger charge is 2.42. The lowest BCUT2D eigenvalue weighted by Gasteiger charge is -2.42. The van der Waals surface area contributed by atoms with E-state index in [-0.39, 0.29) is 17.9 Å². The molecule has 0 saturated carbocycles. The first-order chi connectivity index (χ1) is 12.0. The van der Waals surface area contributed by atoms with Gasteiger partial charge < -0.3 is 20.3 Å². The van der Waals surface area contributed by atoms with Crippen LogP contribution in [0.1, 0.15) is 33.1 Å².